The van der Waals surface area contributed by atoms with Crippen LogP contribution in [0.3, 0.4) is 0 Å². The first-order valence-corrected chi connectivity index (χ1v) is 9.76. The van der Waals surface area contributed by atoms with Crippen molar-refractivity contribution in [3.8, 4) is 0 Å². The van der Waals surface area contributed by atoms with Gasteiger partial charge in [0.05, 0.1) is 0 Å². The van der Waals surface area contributed by atoms with Crippen LogP contribution in [0.25, 0.3) is 0 Å². The Labute approximate surface area is 171 Å². The number of rotatable bonds is 3. The fraction of sp³-hybridized carbons (Fsp3) is 0.350. The number of aryl methyl sites for hydroxylation is 1. The molecule has 1 fully saturated rings. The van der Waals surface area contributed by atoms with E-state index in [2.05, 4.69) is 20.6 Å². The molecule has 1 aromatic carbocycles. The van der Waals surface area contributed by atoms with Crippen molar-refractivity contribution in [3.63, 3.8) is 0 Å². The van der Waals surface area contributed by atoms with Gasteiger partial charge in [-0.3, -0.25) is 14.3 Å². The average molecular weight is 409 g/mol. The van der Waals surface area contributed by atoms with Gasteiger partial charge in [0, 0.05) is 45.0 Å². The summed E-state index contributed by atoms with van der Waals surface area (Å²) in [6.45, 7) is 1.80. The number of amides is 2. The summed E-state index contributed by atoms with van der Waals surface area (Å²) < 4.78 is 16.8. The largest absolute Gasteiger partial charge is 0.337 e. The minimum atomic E-state index is -0.433. The van der Waals surface area contributed by atoms with E-state index in [-0.39, 0.29) is 23.6 Å². The Balaban J connectivity index is 1.31. The molecule has 2 amide bonds. The van der Waals surface area contributed by atoms with Crippen LogP contribution in [0.4, 0.5) is 10.1 Å². The van der Waals surface area contributed by atoms with Gasteiger partial charge in [0.1, 0.15) is 17.3 Å². The summed E-state index contributed by atoms with van der Waals surface area (Å²) in [5.41, 5.74) is 0.796. The Morgan fingerprint density at radius 3 is 2.73 bits per heavy atom. The molecule has 30 heavy (non-hydrogen) atoms. The maximum atomic E-state index is 13.4. The molecule has 0 spiro atoms. The van der Waals surface area contributed by atoms with Crippen molar-refractivity contribution in [1.82, 2.24) is 29.4 Å². The van der Waals surface area contributed by atoms with Crippen LogP contribution in [-0.4, -0.2) is 54.3 Å². The molecule has 2 aromatic heterocycles. The monoisotopic (exact) mass is 409 g/mol. The molecular formula is C20H20FN7O2. The fourth-order valence-corrected chi connectivity index (χ4v) is 4.30. The average Bonchev–Trinajstić information content (AvgIpc) is 3.43. The van der Waals surface area contributed by atoms with Gasteiger partial charge >= 0.3 is 0 Å². The minimum Gasteiger partial charge on any atom is -0.337 e. The van der Waals surface area contributed by atoms with Crippen LogP contribution in [0.15, 0.2) is 36.5 Å². The van der Waals surface area contributed by atoms with E-state index in [9.17, 15) is 14.0 Å². The lowest BCUT2D eigenvalue weighted by molar-refractivity contribution is 0.0776. The summed E-state index contributed by atoms with van der Waals surface area (Å²) in [4.78, 5) is 27.2. The molecule has 0 aliphatic carbocycles. The van der Waals surface area contributed by atoms with Crippen molar-refractivity contribution in [1.29, 1.82) is 0 Å². The Morgan fingerprint density at radius 2 is 1.97 bits per heavy atom. The standard InChI is InChI=1S/C20H20FN7O2/c1-26-6-5-16(25-26)20(30)27-9-12-7-17-23-24-18(28(17)11-13(12)10-27)19(29)22-15-4-2-3-14(21)8-15/h2-6,8,12-13H,7,9-11H2,1H3,(H,22,29)/t12-,13-/m0/s1. The molecule has 1 N–H and O–H groups in total. The molecule has 2 aliphatic heterocycles. The molecule has 154 valence electrons. The van der Waals surface area contributed by atoms with Crippen molar-refractivity contribution >= 4 is 17.5 Å². The molecule has 3 aromatic rings. The molecular weight excluding hydrogens is 389 g/mol. The van der Waals surface area contributed by atoms with Gasteiger partial charge in [0.2, 0.25) is 5.82 Å². The number of halogens is 1. The second-order valence-electron chi connectivity index (χ2n) is 7.82. The second kappa shape index (κ2) is 7.05. The summed E-state index contributed by atoms with van der Waals surface area (Å²) in [5, 5.41) is 15.1. The number of anilines is 1. The molecule has 0 saturated carbocycles. The second-order valence-corrected chi connectivity index (χ2v) is 7.82. The molecule has 4 heterocycles. The smallest absolute Gasteiger partial charge is 0.293 e. The number of nitrogens with one attached hydrogen (secondary N) is 1. The van der Waals surface area contributed by atoms with Crippen molar-refractivity contribution in [2.75, 3.05) is 18.4 Å². The molecule has 10 heteroatoms. The summed E-state index contributed by atoms with van der Waals surface area (Å²) >= 11 is 0. The quantitative estimate of drug-likeness (QED) is 0.704. The van der Waals surface area contributed by atoms with Crippen molar-refractivity contribution in [2.24, 2.45) is 18.9 Å². The molecule has 0 bridgehead atoms. The first-order chi connectivity index (χ1) is 14.5. The SMILES string of the molecule is Cn1ccc(C(=O)N2C[C@@H]3Cc4nnc(C(=O)Nc5cccc(F)c5)n4C[C@@H]3C2)n1. The maximum Gasteiger partial charge on any atom is 0.293 e. The van der Waals surface area contributed by atoms with E-state index in [1.807, 2.05) is 9.47 Å². The molecule has 2 atom stereocenters. The van der Waals surface area contributed by atoms with Gasteiger partial charge in [-0.1, -0.05) is 6.07 Å². The number of aromatic nitrogens is 5. The van der Waals surface area contributed by atoms with Crippen LogP contribution in [0.1, 0.15) is 26.9 Å². The molecule has 1 saturated heterocycles. The van der Waals surface area contributed by atoms with Crippen molar-refractivity contribution in [3.05, 3.63) is 59.7 Å². The van der Waals surface area contributed by atoms with E-state index in [0.29, 0.717) is 37.4 Å². The summed E-state index contributed by atoms with van der Waals surface area (Å²) in [6.07, 6.45) is 2.40. The lowest BCUT2D eigenvalue weighted by atomic mass is 9.89. The summed E-state index contributed by atoms with van der Waals surface area (Å²) in [7, 11) is 1.78. The van der Waals surface area contributed by atoms with Crippen LogP contribution in [0.2, 0.25) is 0 Å². The van der Waals surface area contributed by atoms with Gasteiger partial charge in [0.25, 0.3) is 11.8 Å². The Hall–Kier alpha value is -3.56. The van der Waals surface area contributed by atoms with E-state index in [0.717, 1.165) is 5.82 Å². The fourth-order valence-electron chi connectivity index (χ4n) is 4.30. The molecule has 0 unspecified atom stereocenters. The number of benzene rings is 1. The van der Waals surface area contributed by atoms with Crippen LogP contribution in [0, 0.1) is 17.7 Å². The minimum absolute atomic E-state index is 0.0789. The predicted octanol–water partition coefficient (Wildman–Crippen LogP) is 1.35. The molecule has 5 rings (SSSR count). The lowest BCUT2D eigenvalue weighted by Gasteiger charge is -2.25. The zero-order valence-electron chi connectivity index (χ0n) is 16.3. The van der Waals surface area contributed by atoms with Gasteiger partial charge in [-0.15, -0.1) is 10.2 Å². The number of hydrogen-bond acceptors (Lipinski definition) is 5. The normalized spacial score (nSPS) is 20.0. The molecule has 9 nitrogen and oxygen atoms in total. The lowest BCUT2D eigenvalue weighted by Crippen LogP contribution is -2.31. The summed E-state index contributed by atoms with van der Waals surface area (Å²) in [5.74, 6) is 0.468. The number of nitrogens with zero attached hydrogens (tertiary/aromatic N) is 6. The highest BCUT2D eigenvalue weighted by molar-refractivity contribution is 6.01. The van der Waals surface area contributed by atoms with Gasteiger partial charge < -0.3 is 14.8 Å². The van der Waals surface area contributed by atoms with Gasteiger partial charge in [-0.25, -0.2) is 4.39 Å². The third kappa shape index (κ3) is 3.23. The van der Waals surface area contributed by atoms with Crippen molar-refractivity contribution in [2.45, 2.75) is 13.0 Å². The highest BCUT2D eigenvalue weighted by atomic mass is 19.1. The first-order valence-electron chi connectivity index (χ1n) is 9.76. The highest BCUT2D eigenvalue weighted by Gasteiger charge is 2.41. The van der Waals surface area contributed by atoms with Crippen LogP contribution < -0.4 is 5.32 Å². The Morgan fingerprint density at radius 1 is 1.13 bits per heavy atom. The number of carbonyl (C=O) groups excluding carboxylic acids is 2. The van der Waals surface area contributed by atoms with Crippen LogP contribution in [0.5, 0.6) is 0 Å². The van der Waals surface area contributed by atoms with Gasteiger partial charge in [-0.05, 0) is 36.1 Å². The summed E-state index contributed by atoms with van der Waals surface area (Å²) in [6, 6.07) is 7.42. The number of likely N-dealkylation sites (tertiary alicyclic amines) is 1. The van der Waals surface area contributed by atoms with E-state index >= 15 is 0 Å². The zero-order chi connectivity index (χ0) is 20.8. The van der Waals surface area contributed by atoms with E-state index in [1.54, 1.807) is 30.1 Å². The molecule has 0 radical (unpaired) electrons. The van der Waals surface area contributed by atoms with Gasteiger partial charge in [0.15, 0.2) is 0 Å². The third-order valence-electron chi connectivity index (χ3n) is 5.77. The Bertz CT molecular complexity index is 1140. The predicted molar refractivity (Wildman–Crippen MR) is 104 cm³/mol. The zero-order valence-corrected chi connectivity index (χ0v) is 16.3. The topological polar surface area (TPSA) is 97.9 Å². The van der Waals surface area contributed by atoms with Gasteiger partial charge in [-0.2, -0.15) is 5.10 Å². The number of fused-ring (bicyclic) bond motifs is 2. The highest BCUT2D eigenvalue weighted by Crippen LogP contribution is 2.33. The van der Waals surface area contributed by atoms with Crippen LogP contribution >= 0.6 is 0 Å². The number of hydrogen-bond donors (Lipinski definition) is 1. The molecule has 2 aliphatic rings. The van der Waals surface area contributed by atoms with Crippen LogP contribution in [-0.2, 0) is 20.0 Å². The van der Waals surface area contributed by atoms with E-state index in [4.69, 9.17) is 0 Å². The first kappa shape index (κ1) is 18.5. The Kier molecular flexibility index (Phi) is 4.34. The maximum absolute atomic E-state index is 13.4. The van der Waals surface area contributed by atoms with Crippen molar-refractivity contribution < 1.29 is 14.0 Å². The third-order valence-corrected chi connectivity index (χ3v) is 5.77. The van der Waals surface area contributed by atoms with E-state index in [1.165, 1.54) is 18.2 Å². The number of carbonyl (C=O) groups is 2. The van der Waals surface area contributed by atoms with E-state index < -0.39 is 11.7 Å².